The molecule has 0 aliphatic heterocycles. The number of aromatic nitrogens is 2. The van der Waals surface area contributed by atoms with Crippen molar-refractivity contribution in [3.05, 3.63) is 18.0 Å². The van der Waals surface area contributed by atoms with E-state index in [0.717, 1.165) is 25.1 Å². The number of nitrogens with one attached hydrogen (secondary N) is 1. The number of hydrogen-bond donors (Lipinski definition) is 2. The molecule has 1 fully saturated rings. The highest BCUT2D eigenvalue weighted by Gasteiger charge is 2.33. The third kappa shape index (κ3) is 3.29. The minimum absolute atomic E-state index is 0.112. The molecule has 1 aliphatic carbocycles. The van der Waals surface area contributed by atoms with E-state index in [-0.39, 0.29) is 18.4 Å². The molecule has 1 saturated carbocycles. The summed E-state index contributed by atoms with van der Waals surface area (Å²) in [6.45, 7) is 0.173. The zero-order chi connectivity index (χ0) is 12.5. The Labute approximate surface area is 95.9 Å². The second-order valence-corrected chi connectivity index (χ2v) is 4.05. The third-order valence-electron chi connectivity index (χ3n) is 2.58. The van der Waals surface area contributed by atoms with Gasteiger partial charge >= 0.3 is 6.18 Å². The summed E-state index contributed by atoms with van der Waals surface area (Å²) in [6.07, 6.45) is -2.05. The molecule has 1 unspecified atom stereocenters. The first kappa shape index (κ1) is 12.1. The lowest BCUT2D eigenvalue weighted by molar-refractivity contribution is -0.141. The molecule has 1 aromatic rings. The van der Waals surface area contributed by atoms with Crippen molar-refractivity contribution < 1.29 is 18.3 Å². The molecule has 0 saturated heterocycles. The molecule has 2 rings (SSSR count). The summed E-state index contributed by atoms with van der Waals surface area (Å²) in [4.78, 5) is 7.01. The monoisotopic (exact) mass is 247 g/mol. The Morgan fingerprint density at radius 3 is 2.76 bits per heavy atom. The van der Waals surface area contributed by atoms with Gasteiger partial charge in [-0.05, 0) is 24.8 Å². The SMILES string of the molecule is OC(CNc1nccc(C(F)(F)F)n1)C1CC1. The van der Waals surface area contributed by atoms with E-state index in [9.17, 15) is 18.3 Å². The van der Waals surface area contributed by atoms with Crippen molar-refractivity contribution >= 4 is 5.95 Å². The van der Waals surface area contributed by atoms with Crippen molar-refractivity contribution in [1.29, 1.82) is 0 Å². The molecule has 0 aromatic carbocycles. The average Bonchev–Trinajstić information content (AvgIpc) is 3.09. The molecule has 0 spiro atoms. The minimum Gasteiger partial charge on any atom is -0.391 e. The Hall–Kier alpha value is -1.37. The van der Waals surface area contributed by atoms with Crippen molar-refractivity contribution in [3.63, 3.8) is 0 Å². The van der Waals surface area contributed by atoms with Crippen LogP contribution in [0, 0.1) is 5.92 Å². The van der Waals surface area contributed by atoms with Crippen LogP contribution in [0.4, 0.5) is 19.1 Å². The molecule has 94 valence electrons. The Morgan fingerprint density at radius 1 is 1.47 bits per heavy atom. The maximum atomic E-state index is 12.3. The molecule has 0 amide bonds. The predicted molar refractivity (Wildman–Crippen MR) is 54.3 cm³/mol. The van der Waals surface area contributed by atoms with Gasteiger partial charge in [0.25, 0.3) is 0 Å². The molecule has 17 heavy (non-hydrogen) atoms. The smallest absolute Gasteiger partial charge is 0.391 e. The predicted octanol–water partition coefficient (Wildman–Crippen LogP) is 1.68. The number of aliphatic hydroxyl groups is 1. The number of rotatable bonds is 4. The summed E-state index contributed by atoms with van der Waals surface area (Å²) < 4.78 is 37.0. The largest absolute Gasteiger partial charge is 0.433 e. The van der Waals surface area contributed by atoms with Gasteiger partial charge < -0.3 is 10.4 Å². The summed E-state index contributed by atoms with van der Waals surface area (Å²) >= 11 is 0. The van der Waals surface area contributed by atoms with Crippen LogP contribution in [0.15, 0.2) is 12.3 Å². The quantitative estimate of drug-likeness (QED) is 0.849. The molecule has 2 N–H and O–H groups in total. The van der Waals surface area contributed by atoms with Gasteiger partial charge in [0.2, 0.25) is 5.95 Å². The molecule has 7 heteroatoms. The highest BCUT2D eigenvalue weighted by Crippen LogP contribution is 2.32. The Balaban J connectivity index is 1.96. The summed E-state index contributed by atoms with van der Waals surface area (Å²) in [7, 11) is 0. The topological polar surface area (TPSA) is 58.0 Å². The van der Waals surface area contributed by atoms with Gasteiger partial charge in [0.15, 0.2) is 0 Å². The van der Waals surface area contributed by atoms with Gasteiger partial charge in [0.05, 0.1) is 6.10 Å². The van der Waals surface area contributed by atoms with Gasteiger partial charge in [0, 0.05) is 12.7 Å². The summed E-state index contributed by atoms with van der Waals surface area (Å²) in [5.41, 5.74) is -0.990. The van der Waals surface area contributed by atoms with Crippen LogP contribution in [0.3, 0.4) is 0 Å². The first-order chi connectivity index (χ1) is 7.97. The second-order valence-electron chi connectivity index (χ2n) is 4.05. The van der Waals surface area contributed by atoms with Crippen LogP contribution in [-0.4, -0.2) is 27.7 Å². The molecule has 4 nitrogen and oxygen atoms in total. The molecule has 1 atom stereocenters. The van der Waals surface area contributed by atoms with Crippen molar-refractivity contribution in [2.75, 3.05) is 11.9 Å². The summed E-state index contributed by atoms with van der Waals surface area (Å²) in [5.74, 6) is 0.146. The van der Waals surface area contributed by atoms with Crippen LogP contribution in [0.25, 0.3) is 0 Å². The first-order valence-corrected chi connectivity index (χ1v) is 5.29. The van der Waals surface area contributed by atoms with Gasteiger partial charge in [-0.3, -0.25) is 0 Å². The fourth-order valence-electron chi connectivity index (χ4n) is 1.45. The lowest BCUT2D eigenvalue weighted by atomic mass is 10.2. The average molecular weight is 247 g/mol. The standard InChI is InChI=1S/C10H12F3N3O/c11-10(12,13)8-3-4-14-9(16-8)15-5-7(17)6-1-2-6/h3-4,6-7,17H,1-2,5H2,(H,14,15,16). The van der Waals surface area contributed by atoms with Crippen LogP contribution >= 0.6 is 0 Å². The van der Waals surface area contributed by atoms with Crippen LogP contribution in [-0.2, 0) is 6.18 Å². The number of anilines is 1. The van der Waals surface area contributed by atoms with E-state index in [1.807, 2.05) is 0 Å². The molecule has 1 aromatic heterocycles. The Bertz CT molecular complexity index is 393. The van der Waals surface area contributed by atoms with Crippen molar-refractivity contribution in [2.45, 2.75) is 25.1 Å². The summed E-state index contributed by atoms with van der Waals surface area (Å²) in [5, 5.41) is 12.1. The number of nitrogens with zero attached hydrogens (tertiary/aromatic N) is 2. The van der Waals surface area contributed by atoms with Crippen LogP contribution in [0.1, 0.15) is 18.5 Å². The molecule has 0 radical (unpaired) electrons. The fourth-order valence-corrected chi connectivity index (χ4v) is 1.45. The molecule has 0 bridgehead atoms. The zero-order valence-electron chi connectivity index (χ0n) is 8.91. The lowest BCUT2D eigenvalue weighted by Gasteiger charge is -2.11. The van der Waals surface area contributed by atoms with Crippen molar-refractivity contribution in [2.24, 2.45) is 5.92 Å². The first-order valence-electron chi connectivity index (χ1n) is 5.29. The molecular weight excluding hydrogens is 235 g/mol. The molecule has 1 aliphatic rings. The van der Waals surface area contributed by atoms with Crippen LogP contribution < -0.4 is 5.32 Å². The van der Waals surface area contributed by atoms with E-state index >= 15 is 0 Å². The number of hydrogen-bond acceptors (Lipinski definition) is 4. The van der Waals surface area contributed by atoms with Gasteiger partial charge in [-0.1, -0.05) is 0 Å². The highest BCUT2D eigenvalue weighted by atomic mass is 19.4. The normalized spacial score (nSPS) is 17.9. The second kappa shape index (κ2) is 4.48. The summed E-state index contributed by atoms with van der Waals surface area (Å²) in [6, 6.07) is 0.808. The van der Waals surface area contributed by atoms with Crippen molar-refractivity contribution in [1.82, 2.24) is 9.97 Å². The molecule has 1 heterocycles. The van der Waals surface area contributed by atoms with Gasteiger partial charge in [-0.2, -0.15) is 13.2 Å². The number of alkyl halides is 3. The van der Waals surface area contributed by atoms with Gasteiger partial charge in [-0.15, -0.1) is 0 Å². The van der Waals surface area contributed by atoms with E-state index in [1.165, 1.54) is 0 Å². The van der Waals surface area contributed by atoms with Crippen molar-refractivity contribution in [3.8, 4) is 0 Å². The van der Waals surface area contributed by atoms with E-state index in [0.29, 0.717) is 0 Å². The maximum Gasteiger partial charge on any atom is 0.433 e. The van der Waals surface area contributed by atoms with Gasteiger partial charge in [0.1, 0.15) is 5.69 Å². The van der Waals surface area contributed by atoms with Crippen LogP contribution in [0.2, 0.25) is 0 Å². The maximum absolute atomic E-state index is 12.3. The van der Waals surface area contributed by atoms with E-state index < -0.39 is 18.0 Å². The third-order valence-corrected chi connectivity index (χ3v) is 2.58. The van der Waals surface area contributed by atoms with E-state index in [2.05, 4.69) is 15.3 Å². The Morgan fingerprint density at radius 2 is 2.18 bits per heavy atom. The minimum atomic E-state index is -4.48. The number of aliphatic hydroxyl groups excluding tert-OH is 1. The fraction of sp³-hybridized carbons (Fsp3) is 0.600. The molecular formula is C10H12F3N3O. The van der Waals surface area contributed by atoms with Crippen LogP contribution in [0.5, 0.6) is 0 Å². The van der Waals surface area contributed by atoms with E-state index in [1.54, 1.807) is 0 Å². The van der Waals surface area contributed by atoms with E-state index in [4.69, 9.17) is 0 Å². The zero-order valence-corrected chi connectivity index (χ0v) is 8.91. The highest BCUT2D eigenvalue weighted by molar-refractivity contribution is 5.26. The number of halogens is 3. The van der Waals surface area contributed by atoms with Gasteiger partial charge in [-0.25, -0.2) is 9.97 Å². The Kier molecular flexibility index (Phi) is 3.19. The lowest BCUT2D eigenvalue weighted by Crippen LogP contribution is -2.22.